The van der Waals surface area contributed by atoms with E-state index >= 15 is 0 Å². The van der Waals surface area contributed by atoms with Crippen LogP contribution in [0.25, 0.3) is 0 Å². The van der Waals surface area contributed by atoms with Crippen molar-refractivity contribution in [1.29, 1.82) is 0 Å². The molecule has 0 fully saturated rings. The lowest BCUT2D eigenvalue weighted by Crippen LogP contribution is -2.17. The van der Waals surface area contributed by atoms with E-state index in [1.807, 2.05) is 13.8 Å². The van der Waals surface area contributed by atoms with Crippen LogP contribution >= 0.6 is 0 Å². The summed E-state index contributed by atoms with van der Waals surface area (Å²) in [5.41, 5.74) is 1.17. The number of aryl methyl sites for hydroxylation is 1. The van der Waals surface area contributed by atoms with Crippen molar-refractivity contribution < 1.29 is 23.9 Å². The molecule has 3 rings (SSSR count). The zero-order valence-electron chi connectivity index (χ0n) is 16.6. The average molecular weight is 412 g/mol. The molecule has 156 valence electrons. The first-order valence-corrected chi connectivity index (χ1v) is 9.10. The van der Waals surface area contributed by atoms with Crippen molar-refractivity contribution >= 4 is 29.2 Å². The Bertz CT molecular complexity index is 1060. The van der Waals surface area contributed by atoms with E-state index < -0.39 is 23.6 Å². The second-order valence-corrected chi connectivity index (χ2v) is 5.88. The van der Waals surface area contributed by atoms with E-state index in [0.29, 0.717) is 22.5 Å². The minimum Gasteiger partial charge on any atom is -0.477 e. The normalized spacial score (nSPS) is 9.87. The molecule has 0 spiro atoms. The molecule has 0 unspecified atom stereocenters. The quantitative estimate of drug-likeness (QED) is 0.502. The number of benzene rings is 2. The molecular formula is C21H21FN4O4. The van der Waals surface area contributed by atoms with E-state index in [0.717, 1.165) is 6.33 Å². The largest absolute Gasteiger partial charge is 0.477 e. The first-order valence-electron chi connectivity index (χ1n) is 9.10. The number of halogens is 1. The lowest BCUT2D eigenvalue weighted by atomic mass is 10.1. The summed E-state index contributed by atoms with van der Waals surface area (Å²) in [5, 5.41) is 14.2. The molecule has 9 heteroatoms. The molecule has 0 aliphatic heterocycles. The summed E-state index contributed by atoms with van der Waals surface area (Å²) >= 11 is 0. The van der Waals surface area contributed by atoms with Crippen molar-refractivity contribution in [3.05, 3.63) is 77.1 Å². The Kier molecular flexibility index (Phi) is 7.40. The number of aromatic nitrogens is 2. The topological polar surface area (TPSA) is 124 Å². The van der Waals surface area contributed by atoms with E-state index in [-0.39, 0.29) is 11.4 Å². The minimum atomic E-state index is -1.29. The van der Waals surface area contributed by atoms with E-state index in [1.165, 1.54) is 30.3 Å². The number of hydrogen-bond acceptors (Lipinski definition) is 4. The van der Waals surface area contributed by atoms with Crippen LogP contribution in [-0.2, 0) is 0 Å². The molecule has 2 amide bonds. The van der Waals surface area contributed by atoms with Gasteiger partial charge in [-0.2, -0.15) is 0 Å². The second kappa shape index (κ2) is 9.97. The Morgan fingerprint density at radius 3 is 2.07 bits per heavy atom. The number of carbonyl (C=O) groups excluding carboxylic acids is 2. The fraction of sp³-hybridized carbons (Fsp3) is 0.143. The Morgan fingerprint density at radius 1 is 0.967 bits per heavy atom. The van der Waals surface area contributed by atoms with E-state index in [4.69, 9.17) is 5.11 Å². The number of aromatic carboxylic acids is 1. The van der Waals surface area contributed by atoms with Crippen LogP contribution in [0.3, 0.4) is 0 Å². The van der Waals surface area contributed by atoms with Crippen LogP contribution < -0.4 is 10.6 Å². The maximum atomic E-state index is 13.2. The van der Waals surface area contributed by atoms with Crippen molar-refractivity contribution in [1.82, 2.24) is 9.97 Å². The van der Waals surface area contributed by atoms with Gasteiger partial charge in [-0.3, -0.25) is 9.59 Å². The van der Waals surface area contributed by atoms with Crippen LogP contribution in [0.4, 0.5) is 15.8 Å². The summed E-state index contributed by atoms with van der Waals surface area (Å²) < 4.78 is 13.2. The predicted octanol–water partition coefficient (Wildman–Crippen LogP) is 4.09. The van der Waals surface area contributed by atoms with Crippen molar-refractivity contribution in [2.45, 2.75) is 20.8 Å². The molecule has 1 aromatic heterocycles. The Balaban J connectivity index is 0.00000155. The number of H-pyrrole nitrogens is 1. The molecule has 3 aromatic rings. The van der Waals surface area contributed by atoms with Crippen molar-refractivity contribution in [3.8, 4) is 0 Å². The maximum Gasteiger partial charge on any atom is 0.354 e. The number of aromatic amines is 1. The van der Waals surface area contributed by atoms with Gasteiger partial charge in [-0.25, -0.2) is 14.2 Å². The first kappa shape index (κ1) is 22.3. The summed E-state index contributed by atoms with van der Waals surface area (Å²) in [5.74, 6) is -2.79. The smallest absolute Gasteiger partial charge is 0.354 e. The van der Waals surface area contributed by atoms with Crippen LogP contribution in [0.5, 0.6) is 0 Å². The highest BCUT2D eigenvalue weighted by molar-refractivity contribution is 6.09. The lowest BCUT2D eigenvalue weighted by molar-refractivity contribution is 0.0686. The molecule has 0 bridgehead atoms. The van der Waals surface area contributed by atoms with Gasteiger partial charge in [-0.05, 0) is 55.0 Å². The molecular weight excluding hydrogens is 391 g/mol. The fourth-order valence-electron chi connectivity index (χ4n) is 2.54. The highest BCUT2D eigenvalue weighted by atomic mass is 19.1. The third-order valence-electron chi connectivity index (χ3n) is 3.90. The number of nitrogens with zero attached hydrogens (tertiary/aromatic N) is 1. The summed E-state index contributed by atoms with van der Waals surface area (Å²) in [6.45, 7) is 5.64. The van der Waals surface area contributed by atoms with Crippen LogP contribution in [0.1, 0.15) is 50.7 Å². The molecule has 0 aliphatic carbocycles. The zero-order valence-corrected chi connectivity index (χ0v) is 16.6. The zero-order chi connectivity index (χ0) is 22.3. The van der Waals surface area contributed by atoms with Gasteiger partial charge in [0.2, 0.25) is 0 Å². The van der Waals surface area contributed by atoms with Gasteiger partial charge in [0.25, 0.3) is 11.8 Å². The maximum absolute atomic E-state index is 13.2. The number of rotatable bonds is 5. The molecule has 0 aliphatic rings. The number of amides is 2. The monoisotopic (exact) mass is 412 g/mol. The van der Waals surface area contributed by atoms with E-state index in [1.54, 1.807) is 19.1 Å². The molecule has 0 saturated carbocycles. The molecule has 2 aromatic carbocycles. The standard InChI is InChI=1S/C19H15FN4O4.C2H6/c1-10-8-11(20)2-7-14(10)17(25)23-12-3-5-13(6-4-12)24-18(26)15-16(19(27)28)22-9-21-15;1-2/h2-9H,1H3,(H,21,22)(H,23,25)(H,24,26)(H,27,28);1-2H3. The highest BCUT2D eigenvalue weighted by Crippen LogP contribution is 2.17. The summed E-state index contributed by atoms with van der Waals surface area (Å²) in [4.78, 5) is 41.6. The van der Waals surface area contributed by atoms with Gasteiger partial charge in [0, 0.05) is 16.9 Å². The fourth-order valence-corrected chi connectivity index (χ4v) is 2.54. The molecule has 0 saturated heterocycles. The number of hydrogen-bond donors (Lipinski definition) is 4. The summed E-state index contributed by atoms with van der Waals surface area (Å²) in [6, 6.07) is 10.1. The lowest BCUT2D eigenvalue weighted by Gasteiger charge is -2.09. The Labute approximate surface area is 172 Å². The Hall–Kier alpha value is -4.01. The SMILES string of the molecule is CC.Cc1cc(F)ccc1C(=O)Nc1ccc(NC(=O)c2nc[nH]c2C(=O)O)cc1. The third-order valence-corrected chi connectivity index (χ3v) is 3.90. The highest BCUT2D eigenvalue weighted by Gasteiger charge is 2.19. The number of nitrogens with one attached hydrogen (secondary N) is 3. The third kappa shape index (κ3) is 5.28. The van der Waals surface area contributed by atoms with Crippen molar-refractivity contribution in [2.24, 2.45) is 0 Å². The van der Waals surface area contributed by atoms with Crippen LogP contribution in [0.2, 0.25) is 0 Å². The summed E-state index contributed by atoms with van der Waals surface area (Å²) in [7, 11) is 0. The number of carbonyl (C=O) groups is 3. The first-order chi connectivity index (χ1) is 14.3. The number of carboxylic acids is 1. The number of imidazole rings is 1. The molecule has 4 N–H and O–H groups in total. The second-order valence-electron chi connectivity index (χ2n) is 5.88. The van der Waals surface area contributed by atoms with Crippen molar-refractivity contribution in [2.75, 3.05) is 10.6 Å². The molecule has 0 atom stereocenters. The molecule has 1 heterocycles. The van der Waals surface area contributed by atoms with Gasteiger partial charge in [-0.15, -0.1) is 0 Å². The van der Waals surface area contributed by atoms with Gasteiger partial charge in [-0.1, -0.05) is 13.8 Å². The minimum absolute atomic E-state index is 0.239. The van der Waals surface area contributed by atoms with E-state index in [9.17, 15) is 18.8 Å². The Morgan fingerprint density at radius 2 is 1.53 bits per heavy atom. The van der Waals surface area contributed by atoms with Crippen LogP contribution in [-0.4, -0.2) is 32.9 Å². The summed E-state index contributed by atoms with van der Waals surface area (Å²) in [6.07, 6.45) is 1.12. The molecule has 0 radical (unpaired) electrons. The van der Waals surface area contributed by atoms with Crippen molar-refractivity contribution in [3.63, 3.8) is 0 Å². The molecule has 8 nitrogen and oxygen atoms in total. The number of anilines is 2. The van der Waals surface area contributed by atoms with Gasteiger partial charge in [0.1, 0.15) is 5.82 Å². The van der Waals surface area contributed by atoms with Gasteiger partial charge >= 0.3 is 5.97 Å². The van der Waals surface area contributed by atoms with Gasteiger partial charge < -0.3 is 20.7 Å². The van der Waals surface area contributed by atoms with E-state index in [2.05, 4.69) is 20.6 Å². The van der Waals surface area contributed by atoms with Crippen LogP contribution in [0.15, 0.2) is 48.8 Å². The number of carboxylic acid groups (broad SMARTS) is 1. The predicted molar refractivity (Wildman–Crippen MR) is 110 cm³/mol. The van der Waals surface area contributed by atoms with Gasteiger partial charge in [0.05, 0.1) is 6.33 Å². The van der Waals surface area contributed by atoms with Crippen LogP contribution in [0, 0.1) is 12.7 Å². The van der Waals surface area contributed by atoms with Gasteiger partial charge in [0.15, 0.2) is 11.4 Å². The molecule has 30 heavy (non-hydrogen) atoms. The average Bonchev–Trinajstić information content (AvgIpc) is 3.21.